The molecule has 0 spiro atoms. The fraction of sp³-hybridized carbons (Fsp3) is 0.500. The Morgan fingerprint density at radius 1 is 1.35 bits per heavy atom. The summed E-state index contributed by atoms with van der Waals surface area (Å²) in [6, 6.07) is 0. The molecule has 17 heavy (non-hydrogen) atoms. The highest BCUT2D eigenvalue weighted by atomic mass is 35.5. The number of anilines is 1. The Labute approximate surface area is 109 Å². The van der Waals surface area contributed by atoms with Gasteiger partial charge in [0.05, 0.1) is 7.11 Å². The average Bonchev–Trinajstić information content (AvgIpc) is 2.32. The van der Waals surface area contributed by atoms with Crippen LogP contribution in [0.15, 0.2) is 19.0 Å². The third-order valence-electron chi connectivity index (χ3n) is 1.37. The van der Waals surface area contributed by atoms with Crippen molar-refractivity contribution in [2.24, 2.45) is 0 Å². The van der Waals surface area contributed by atoms with Gasteiger partial charge < -0.3 is 9.64 Å². The van der Waals surface area contributed by atoms with Gasteiger partial charge >= 0.3 is 0 Å². The van der Waals surface area contributed by atoms with E-state index in [1.165, 1.54) is 13.4 Å². The fourth-order valence-corrected chi connectivity index (χ4v) is 1.04. The zero-order chi connectivity index (χ0) is 13.8. The molecule has 0 saturated heterocycles. The van der Waals surface area contributed by atoms with Crippen molar-refractivity contribution >= 4 is 17.4 Å². The van der Waals surface area contributed by atoms with Crippen LogP contribution in [0, 0.1) is 0 Å². The highest BCUT2D eigenvalue weighted by Gasteiger charge is 2.10. The third kappa shape index (κ3) is 6.79. The lowest BCUT2D eigenvalue weighted by Crippen LogP contribution is -2.12. The zero-order valence-corrected chi connectivity index (χ0v) is 12.2. The molecule has 1 aromatic rings. The molecule has 0 bridgehead atoms. The van der Waals surface area contributed by atoms with E-state index >= 15 is 0 Å². The van der Waals surface area contributed by atoms with Crippen molar-refractivity contribution in [3.63, 3.8) is 0 Å². The summed E-state index contributed by atoms with van der Waals surface area (Å²) < 4.78 is 5.04. The SMILES string of the molecule is C=CC.CC.COc1c(Cl)ncnc1N(C)C. The van der Waals surface area contributed by atoms with E-state index in [1.807, 2.05) is 39.8 Å². The van der Waals surface area contributed by atoms with Crippen LogP contribution in [0.3, 0.4) is 0 Å². The molecule has 1 aromatic heterocycles. The minimum absolute atomic E-state index is 0.330. The predicted octanol–water partition coefficient (Wildman–Crippen LogP) is 3.42. The Kier molecular flexibility index (Phi) is 11.9. The van der Waals surface area contributed by atoms with Crippen LogP contribution < -0.4 is 9.64 Å². The first-order valence-electron chi connectivity index (χ1n) is 5.37. The van der Waals surface area contributed by atoms with Crippen molar-refractivity contribution in [1.29, 1.82) is 0 Å². The van der Waals surface area contributed by atoms with Crippen LogP contribution in [-0.2, 0) is 0 Å². The molecule has 0 N–H and O–H groups in total. The van der Waals surface area contributed by atoms with E-state index in [0.717, 1.165) is 0 Å². The molecular formula is C12H22ClN3O. The molecule has 0 radical (unpaired) electrons. The van der Waals surface area contributed by atoms with Crippen LogP contribution in [0.25, 0.3) is 0 Å². The molecule has 0 aliphatic heterocycles. The molecule has 5 heteroatoms. The van der Waals surface area contributed by atoms with Gasteiger partial charge in [0.25, 0.3) is 0 Å². The summed E-state index contributed by atoms with van der Waals surface area (Å²) in [5, 5.41) is 0.330. The Bertz CT molecular complexity index is 317. The van der Waals surface area contributed by atoms with E-state index in [1.54, 1.807) is 6.08 Å². The van der Waals surface area contributed by atoms with Gasteiger partial charge in [-0.25, -0.2) is 9.97 Å². The molecule has 0 unspecified atom stereocenters. The second-order valence-corrected chi connectivity index (χ2v) is 3.18. The van der Waals surface area contributed by atoms with Crippen LogP contribution in [0.2, 0.25) is 5.15 Å². The zero-order valence-electron chi connectivity index (χ0n) is 11.5. The van der Waals surface area contributed by atoms with Crippen LogP contribution in [-0.4, -0.2) is 31.2 Å². The van der Waals surface area contributed by atoms with Gasteiger partial charge in [-0.2, -0.15) is 0 Å². The van der Waals surface area contributed by atoms with Crippen molar-refractivity contribution in [3.05, 3.63) is 24.1 Å². The Balaban J connectivity index is 0. The maximum Gasteiger partial charge on any atom is 0.199 e. The topological polar surface area (TPSA) is 38.3 Å². The summed E-state index contributed by atoms with van der Waals surface area (Å²) in [7, 11) is 5.26. The van der Waals surface area contributed by atoms with Gasteiger partial charge in [0.15, 0.2) is 16.7 Å². The van der Waals surface area contributed by atoms with Crippen LogP contribution in [0.4, 0.5) is 5.82 Å². The van der Waals surface area contributed by atoms with Crippen LogP contribution >= 0.6 is 11.6 Å². The molecule has 98 valence electrons. The average molecular weight is 260 g/mol. The number of hydrogen-bond donors (Lipinski definition) is 0. The van der Waals surface area contributed by atoms with Crippen molar-refractivity contribution in [3.8, 4) is 5.75 Å². The Morgan fingerprint density at radius 2 is 1.82 bits per heavy atom. The number of allylic oxidation sites excluding steroid dienone is 1. The lowest BCUT2D eigenvalue weighted by Gasteiger charge is -2.14. The minimum Gasteiger partial charge on any atom is -0.490 e. The van der Waals surface area contributed by atoms with Crippen molar-refractivity contribution in [1.82, 2.24) is 9.97 Å². The largest absolute Gasteiger partial charge is 0.490 e. The van der Waals surface area contributed by atoms with E-state index in [4.69, 9.17) is 16.3 Å². The van der Waals surface area contributed by atoms with Gasteiger partial charge in [-0.05, 0) is 6.92 Å². The second kappa shape index (κ2) is 11.2. The van der Waals surface area contributed by atoms with Gasteiger partial charge in [-0.15, -0.1) is 6.58 Å². The number of aromatic nitrogens is 2. The highest BCUT2D eigenvalue weighted by molar-refractivity contribution is 6.31. The molecule has 4 nitrogen and oxygen atoms in total. The first-order valence-corrected chi connectivity index (χ1v) is 5.75. The van der Waals surface area contributed by atoms with Gasteiger partial charge in [-0.3, -0.25) is 0 Å². The van der Waals surface area contributed by atoms with E-state index in [9.17, 15) is 0 Å². The van der Waals surface area contributed by atoms with Crippen molar-refractivity contribution in [2.75, 3.05) is 26.1 Å². The second-order valence-electron chi connectivity index (χ2n) is 2.82. The molecule has 0 aliphatic rings. The summed E-state index contributed by atoms with van der Waals surface area (Å²) in [5.41, 5.74) is 0. The highest BCUT2D eigenvalue weighted by Crippen LogP contribution is 2.29. The predicted molar refractivity (Wildman–Crippen MR) is 75.1 cm³/mol. The van der Waals surface area contributed by atoms with E-state index in [0.29, 0.717) is 16.7 Å². The summed E-state index contributed by atoms with van der Waals surface area (Å²) in [6.07, 6.45) is 3.15. The summed E-state index contributed by atoms with van der Waals surface area (Å²) in [4.78, 5) is 9.62. The molecule has 0 fully saturated rings. The van der Waals surface area contributed by atoms with Gasteiger partial charge in [-0.1, -0.05) is 31.5 Å². The summed E-state index contributed by atoms with van der Waals surface area (Å²) >= 11 is 5.77. The number of methoxy groups -OCH3 is 1. The Morgan fingerprint density at radius 3 is 2.12 bits per heavy atom. The lowest BCUT2D eigenvalue weighted by molar-refractivity contribution is 0.411. The maximum absolute atomic E-state index is 5.77. The number of nitrogens with zero attached hydrogens (tertiary/aromatic N) is 3. The fourth-order valence-electron chi connectivity index (χ4n) is 0.838. The normalized spacial score (nSPS) is 7.94. The monoisotopic (exact) mass is 259 g/mol. The molecule has 1 rings (SSSR count). The van der Waals surface area contributed by atoms with Crippen LogP contribution in [0.5, 0.6) is 5.75 Å². The molecule has 0 amide bonds. The van der Waals surface area contributed by atoms with Gasteiger partial charge in [0.2, 0.25) is 0 Å². The molecule has 0 atom stereocenters. The molecular weight excluding hydrogens is 238 g/mol. The van der Waals surface area contributed by atoms with Crippen LogP contribution in [0.1, 0.15) is 20.8 Å². The summed E-state index contributed by atoms with van der Waals surface area (Å²) in [6.45, 7) is 9.25. The van der Waals surface area contributed by atoms with Gasteiger partial charge in [0, 0.05) is 14.1 Å². The summed E-state index contributed by atoms with van der Waals surface area (Å²) in [5.74, 6) is 1.18. The first-order chi connectivity index (χ1) is 8.08. The number of ether oxygens (including phenoxy) is 1. The maximum atomic E-state index is 5.77. The number of hydrogen-bond acceptors (Lipinski definition) is 4. The third-order valence-corrected chi connectivity index (χ3v) is 1.64. The quantitative estimate of drug-likeness (QED) is 0.603. The lowest BCUT2D eigenvalue weighted by atomic mass is 10.5. The minimum atomic E-state index is 0.330. The number of rotatable bonds is 2. The van der Waals surface area contributed by atoms with Gasteiger partial charge in [0.1, 0.15) is 6.33 Å². The molecule has 0 aliphatic carbocycles. The number of halogens is 1. The smallest absolute Gasteiger partial charge is 0.199 e. The molecule has 0 aromatic carbocycles. The standard InChI is InChI=1S/C7H10ClN3O.C3H6.C2H6/c1-11(2)7-5(12-3)6(8)9-4-10-7;1-3-2;1-2/h4H,1-3H3;3H,1H2,2H3;1-2H3. The van der Waals surface area contributed by atoms with E-state index in [-0.39, 0.29) is 0 Å². The van der Waals surface area contributed by atoms with Crippen molar-refractivity contribution in [2.45, 2.75) is 20.8 Å². The molecule has 1 heterocycles. The van der Waals surface area contributed by atoms with Crippen molar-refractivity contribution < 1.29 is 4.74 Å². The van der Waals surface area contributed by atoms with E-state index in [2.05, 4.69) is 16.5 Å². The first kappa shape index (κ1) is 18.1. The molecule has 0 saturated carbocycles. The van der Waals surface area contributed by atoms with E-state index < -0.39 is 0 Å². The Hall–Kier alpha value is -1.29.